The first-order chi connectivity index (χ1) is 16.0. The Morgan fingerprint density at radius 3 is 2.56 bits per heavy atom. The van der Waals surface area contributed by atoms with Gasteiger partial charge in [0.25, 0.3) is 0 Å². The summed E-state index contributed by atoms with van der Waals surface area (Å²) >= 11 is 0. The summed E-state index contributed by atoms with van der Waals surface area (Å²) in [5, 5.41) is 15.8. The van der Waals surface area contributed by atoms with Gasteiger partial charge >= 0.3 is 18.2 Å². The van der Waals surface area contributed by atoms with Crippen molar-refractivity contribution in [3.63, 3.8) is 0 Å². The predicted molar refractivity (Wildman–Crippen MR) is 112 cm³/mol. The molecule has 0 bridgehead atoms. The van der Waals surface area contributed by atoms with Crippen LogP contribution in [0.15, 0.2) is 29.4 Å². The highest BCUT2D eigenvalue weighted by Gasteiger charge is 2.29. The first kappa shape index (κ1) is 26.4. The molecule has 186 valence electrons. The molecular weight excluding hydrogens is 463 g/mol. The number of alkyl carbamates (subject to hydrolysis) is 1. The molecular formula is C20H24F3N5O6. The van der Waals surface area contributed by atoms with Gasteiger partial charge in [-0.1, -0.05) is 29.4 Å². The van der Waals surface area contributed by atoms with Crippen LogP contribution in [0.4, 0.5) is 18.0 Å². The van der Waals surface area contributed by atoms with Crippen LogP contribution in [-0.2, 0) is 23.9 Å². The van der Waals surface area contributed by atoms with Crippen molar-refractivity contribution in [3.8, 4) is 0 Å². The number of nitrogens with one attached hydrogen (secondary N) is 3. The lowest BCUT2D eigenvalue weighted by molar-refractivity contribution is -0.144. The van der Waals surface area contributed by atoms with Gasteiger partial charge in [-0.15, -0.1) is 0 Å². The van der Waals surface area contributed by atoms with Crippen LogP contribution >= 0.6 is 0 Å². The lowest BCUT2D eigenvalue weighted by Gasteiger charge is -2.17. The fourth-order valence-electron chi connectivity index (χ4n) is 2.82. The molecule has 2 rings (SSSR count). The summed E-state index contributed by atoms with van der Waals surface area (Å²) < 4.78 is 45.3. The maximum atomic E-state index is 12.2. The summed E-state index contributed by atoms with van der Waals surface area (Å²) in [6.07, 6.45) is -7.45. The minimum atomic E-state index is -4.50. The lowest BCUT2D eigenvalue weighted by Crippen LogP contribution is -2.49. The fraction of sp³-hybridized carbons (Fsp3) is 0.450. The van der Waals surface area contributed by atoms with Gasteiger partial charge in [-0.25, -0.2) is 9.59 Å². The predicted octanol–water partition coefficient (Wildman–Crippen LogP) is 1.19. The largest absolute Gasteiger partial charge is 0.467 e. The first-order valence-corrected chi connectivity index (χ1v) is 10.0. The molecule has 2 amide bonds. The zero-order valence-corrected chi connectivity index (χ0v) is 18.1. The van der Waals surface area contributed by atoms with E-state index in [0.717, 1.165) is 12.7 Å². The number of ether oxygens (including phenoxy) is 2. The van der Waals surface area contributed by atoms with E-state index in [2.05, 4.69) is 19.9 Å². The number of carbonyl (C=O) groups excluding carboxylic acids is 3. The van der Waals surface area contributed by atoms with Gasteiger partial charge in [-0.2, -0.15) is 13.2 Å². The zero-order chi connectivity index (χ0) is 25.3. The number of benzene rings is 1. The van der Waals surface area contributed by atoms with E-state index >= 15 is 0 Å². The first-order valence-electron chi connectivity index (χ1n) is 10.0. The van der Waals surface area contributed by atoms with Gasteiger partial charge in [-0.05, 0) is 5.56 Å². The van der Waals surface area contributed by atoms with Crippen LogP contribution in [0, 0.1) is 5.41 Å². The van der Waals surface area contributed by atoms with E-state index in [0.29, 0.717) is 17.7 Å². The quantitative estimate of drug-likeness (QED) is 0.219. The maximum Gasteiger partial charge on any atom is 0.407 e. The molecule has 1 unspecified atom stereocenters. The van der Waals surface area contributed by atoms with Crippen LogP contribution < -0.4 is 16.4 Å². The number of nitrogens with two attached hydrogens (primary N) is 1. The lowest BCUT2D eigenvalue weighted by atomic mass is 10.0. The van der Waals surface area contributed by atoms with Crippen LogP contribution in [0.5, 0.6) is 0 Å². The highest BCUT2D eigenvalue weighted by atomic mass is 19.4. The molecule has 0 fully saturated rings. The summed E-state index contributed by atoms with van der Waals surface area (Å²) in [5.41, 5.74) is 7.31. The van der Waals surface area contributed by atoms with Crippen molar-refractivity contribution in [2.24, 2.45) is 10.9 Å². The van der Waals surface area contributed by atoms with E-state index in [1.54, 1.807) is 24.3 Å². The molecule has 0 radical (unpaired) electrons. The average molecular weight is 487 g/mol. The molecule has 14 heteroatoms. The van der Waals surface area contributed by atoms with Crippen molar-refractivity contribution in [3.05, 3.63) is 35.4 Å². The highest BCUT2D eigenvalue weighted by Crippen LogP contribution is 2.20. The second-order valence-electron chi connectivity index (χ2n) is 7.19. The number of rotatable bonds is 10. The number of amides is 2. The standard InChI is InChI=1S/C20H24F3N5O6/c1-32-18(30)15(27-19(31)33-7-6-20(21,22)23)10-26-16(29)9-13-8-14(28-34-13)11-2-4-12(5-3-11)17(24)25/h2-5,13,15H,6-10H2,1H3,(H3,24,25)(H,26,29)(H,27,31)/t13?,15-/m0/s1. The van der Waals surface area contributed by atoms with Crippen LogP contribution in [0.1, 0.15) is 30.4 Å². The Bertz CT molecular complexity index is 936. The number of halogens is 3. The molecule has 1 aliphatic rings. The third-order valence-corrected chi connectivity index (χ3v) is 4.58. The summed E-state index contributed by atoms with van der Waals surface area (Å²) in [7, 11) is 1.04. The molecule has 2 atom stereocenters. The van der Waals surface area contributed by atoms with Gasteiger partial charge in [0.15, 0.2) is 0 Å². The van der Waals surface area contributed by atoms with E-state index in [9.17, 15) is 27.6 Å². The van der Waals surface area contributed by atoms with E-state index < -0.39 is 49.3 Å². The molecule has 1 aromatic rings. The van der Waals surface area contributed by atoms with Crippen LogP contribution in [0.25, 0.3) is 0 Å². The number of amidine groups is 1. The summed E-state index contributed by atoms with van der Waals surface area (Å²) in [5.74, 6) is -1.51. The van der Waals surface area contributed by atoms with Crippen molar-refractivity contribution in [2.75, 3.05) is 20.3 Å². The van der Waals surface area contributed by atoms with Crippen LogP contribution in [0.3, 0.4) is 0 Å². The average Bonchev–Trinajstić information content (AvgIpc) is 3.23. The number of hydrogen-bond donors (Lipinski definition) is 4. The molecule has 0 saturated heterocycles. The Balaban J connectivity index is 1.79. The maximum absolute atomic E-state index is 12.2. The summed E-state index contributed by atoms with van der Waals surface area (Å²) in [6.45, 7) is -1.30. The highest BCUT2D eigenvalue weighted by molar-refractivity contribution is 6.02. The zero-order valence-electron chi connectivity index (χ0n) is 18.1. The van der Waals surface area contributed by atoms with Gasteiger partial charge in [-0.3, -0.25) is 10.2 Å². The molecule has 0 aromatic heterocycles. The fourth-order valence-corrected chi connectivity index (χ4v) is 2.82. The minimum Gasteiger partial charge on any atom is -0.467 e. The molecule has 0 aliphatic carbocycles. The van der Waals surface area contributed by atoms with Gasteiger partial charge in [0.2, 0.25) is 5.91 Å². The van der Waals surface area contributed by atoms with E-state index in [-0.39, 0.29) is 18.8 Å². The molecule has 11 nitrogen and oxygen atoms in total. The number of nitrogens with zero attached hydrogens (tertiary/aromatic N) is 1. The number of esters is 1. The Kier molecular flexibility index (Phi) is 9.21. The van der Waals surface area contributed by atoms with E-state index in [1.807, 2.05) is 5.32 Å². The third kappa shape index (κ3) is 8.60. The number of oxime groups is 1. The van der Waals surface area contributed by atoms with Crippen molar-refractivity contribution >= 4 is 29.5 Å². The molecule has 5 N–H and O–H groups in total. The number of alkyl halides is 3. The molecule has 0 saturated carbocycles. The summed E-state index contributed by atoms with van der Waals surface area (Å²) in [4.78, 5) is 41.0. The normalized spacial score (nSPS) is 16.0. The molecule has 1 heterocycles. The van der Waals surface area contributed by atoms with E-state index in [4.69, 9.17) is 16.0 Å². The SMILES string of the molecule is COC(=O)[C@H](CNC(=O)CC1CC(c2ccc(C(=N)N)cc2)=NO1)NC(=O)OCCC(F)(F)F. The molecule has 1 aromatic carbocycles. The topological polar surface area (TPSA) is 165 Å². The van der Waals surface area contributed by atoms with E-state index in [1.165, 1.54) is 0 Å². The van der Waals surface area contributed by atoms with Crippen molar-refractivity contribution in [2.45, 2.75) is 37.6 Å². The molecule has 0 spiro atoms. The van der Waals surface area contributed by atoms with Crippen LogP contribution in [0.2, 0.25) is 0 Å². The third-order valence-electron chi connectivity index (χ3n) is 4.58. The smallest absolute Gasteiger partial charge is 0.407 e. The van der Waals surface area contributed by atoms with Crippen LogP contribution in [-0.4, -0.2) is 68.1 Å². The van der Waals surface area contributed by atoms with Crippen molar-refractivity contribution in [1.29, 1.82) is 5.41 Å². The monoisotopic (exact) mass is 487 g/mol. The molecule has 34 heavy (non-hydrogen) atoms. The van der Waals surface area contributed by atoms with Crippen molar-refractivity contribution < 1.29 is 41.9 Å². The Morgan fingerprint density at radius 2 is 1.97 bits per heavy atom. The van der Waals surface area contributed by atoms with Gasteiger partial charge in [0.1, 0.15) is 24.6 Å². The minimum absolute atomic E-state index is 0.0694. The van der Waals surface area contributed by atoms with Gasteiger partial charge in [0, 0.05) is 18.5 Å². The van der Waals surface area contributed by atoms with Gasteiger partial charge < -0.3 is 30.7 Å². The number of hydrogen-bond acceptors (Lipinski definition) is 8. The second-order valence-corrected chi connectivity index (χ2v) is 7.19. The molecule has 1 aliphatic heterocycles. The Labute approximate surface area is 192 Å². The second kappa shape index (κ2) is 11.9. The van der Waals surface area contributed by atoms with Gasteiger partial charge in [0.05, 0.1) is 25.7 Å². The Hall–Kier alpha value is -3.84. The number of nitrogen functional groups attached to an aromatic ring is 1. The number of methoxy groups -OCH3 is 1. The summed E-state index contributed by atoms with van der Waals surface area (Å²) in [6, 6.07) is 5.40. The van der Waals surface area contributed by atoms with Crippen molar-refractivity contribution in [1.82, 2.24) is 10.6 Å². The Morgan fingerprint density at radius 1 is 1.29 bits per heavy atom. The number of carbonyl (C=O) groups is 3.